The summed E-state index contributed by atoms with van der Waals surface area (Å²) in [6, 6.07) is 9.85. The highest BCUT2D eigenvalue weighted by Crippen LogP contribution is 2.24. The van der Waals surface area contributed by atoms with Crippen LogP contribution in [0.4, 0.5) is 0 Å². The zero-order valence-electron chi connectivity index (χ0n) is 14.7. The van der Waals surface area contributed by atoms with Gasteiger partial charge in [0.05, 0.1) is 0 Å². The van der Waals surface area contributed by atoms with Crippen molar-refractivity contribution >= 4 is 11.6 Å². The van der Waals surface area contributed by atoms with E-state index in [-0.39, 0.29) is 12.5 Å². The first kappa shape index (κ1) is 17.0. The number of fused-ring (bicyclic) bond motifs is 1. The maximum absolute atomic E-state index is 12.0. The zero-order valence-corrected chi connectivity index (χ0v) is 14.7. The molecule has 1 amide bonds. The first-order valence-electron chi connectivity index (χ1n) is 8.30. The van der Waals surface area contributed by atoms with E-state index in [1.165, 1.54) is 5.56 Å². The van der Waals surface area contributed by atoms with Crippen LogP contribution in [0.25, 0.3) is 5.65 Å². The summed E-state index contributed by atoms with van der Waals surface area (Å²) in [4.78, 5) is 12.0. The molecule has 3 rings (SSSR count). The van der Waals surface area contributed by atoms with E-state index in [0.29, 0.717) is 13.0 Å². The molecular weight excluding hydrogens is 316 g/mol. The van der Waals surface area contributed by atoms with Crippen LogP contribution in [0.5, 0.6) is 5.75 Å². The molecule has 2 heterocycles. The average Bonchev–Trinajstić information content (AvgIpc) is 2.97. The third-order valence-corrected chi connectivity index (χ3v) is 4.01. The van der Waals surface area contributed by atoms with E-state index >= 15 is 0 Å². The summed E-state index contributed by atoms with van der Waals surface area (Å²) in [5, 5.41) is 11.1. The average molecular weight is 338 g/mol. The molecule has 6 heteroatoms. The van der Waals surface area contributed by atoms with Crippen molar-refractivity contribution in [3.63, 3.8) is 0 Å². The van der Waals surface area contributed by atoms with Crippen molar-refractivity contribution in [2.75, 3.05) is 13.2 Å². The van der Waals surface area contributed by atoms with Gasteiger partial charge in [-0.1, -0.05) is 23.8 Å². The van der Waals surface area contributed by atoms with Crippen molar-refractivity contribution in [1.29, 1.82) is 0 Å². The molecule has 0 radical (unpaired) electrons. The lowest BCUT2D eigenvalue weighted by Crippen LogP contribution is -2.31. The van der Waals surface area contributed by atoms with E-state index in [1.54, 1.807) is 0 Å². The zero-order chi connectivity index (χ0) is 17.8. The SMILES string of the molecule is Cc1cc(C)c(OCC(=O)NCCc2nnc3ccccn23)c(C)c1. The number of rotatable bonds is 6. The monoisotopic (exact) mass is 338 g/mol. The number of amides is 1. The lowest BCUT2D eigenvalue weighted by molar-refractivity contribution is -0.123. The maximum atomic E-state index is 12.0. The number of carbonyl (C=O) groups is 1. The molecule has 3 aromatic rings. The lowest BCUT2D eigenvalue weighted by Gasteiger charge is -2.13. The minimum atomic E-state index is -0.145. The number of hydrogen-bond donors (Lipinski definition) is 1. The number of ether oxygens (including phenoxy) is 1. The number of nitrogens with one attached hydrogen (secondary N) is 1. The first-order valence-corrected chi connectivity index (χ1v) is 8.30. The highest BCUT2D eigenvalue weighted by molar-refractivity contribution is 5.77. The molecule has 0 aliphatic carbocycles. The van der Waals surface area contributed by atoms with Crippen LogP contribution in [0.3, 0.4) is 0 Å². The predicted octanol–water partition coefficient (Wildman–Crippen LogP) is 2.39. The summed E-state index contributed by atoms with van der Waals surface area (Å²) in [6.45, 7) is 6.52. The standard InChI is InChI=1S/C19H22N4O2/c1-13-10-14(2)19(15(3)11-13)25-12-18(24)20-8-7-17-22-21-16-6-4-5-9-23(16)17/h4-6,9-11H,7-8,12H2,1-3H3,(H,20,24). The Morgan fingerprint density at radius 2 is 1.92 bits per heavy atom. The van der Waals surface area contributed by atoms with Crippen molar-refractivity contribution in [1.82, 2.24) is 19.9 Å². The lowest BCUT2D eigenvalue weighted by atomic mass is 10.1. The molecule has 25 heavy (non-hydrogen) atoms. The van der Waals surface area contributed by atoms with E-state index in [0.717, 1.165) is 28.3 Å². The van der Waals surface area contributed by atoms with Crippen molar-refractivity contribution in [3.05, 3.63) is 59.0 Å². The highest BCUT2D eigenvalue weighted by Gasteiger charge is 2.09. The summed E-state index contributed by atoms with van der Waals surface area (Å²) in [5.74, 6) is 1.46. The second-order valence-electron chi connectivity index (χ2n) is 6.16. The molecule has 0 saturated carbocycles. The number of hydrogen-bond acceptors (Lipinski definition) is 4. The van der Waals surface area contributed by atoms with Gasteiger partial charge in [-0.25, -0.2) is 0 Å². The van der Waals surface area contributed by atoms with Crippen LogP contribution in [0.2, 0.25) is 0 Å². The van der Waals surface area contributed by atoms with Crippen LogP contribution < -0.4 is 10.1 Å². The largest absolute Gasteiger partial charge is 0.483 e. The van der Waals surface area contributed by atoms with E-state index in [2.05, 4.69) is 27.6 Å². The molecule has 0 bridgehead atoms. The van der Waals surface area contributed by atoms with Crippen LogP contribution in [0, 0.1) is 20.8 Å². The minimum Gasteiger partial charge on any atom is -0.483 e. The second-order valence-corrected chi connectivity index (χ2v) is 6.16. The van der Waals surface area contributed by atoms with E-state index in [4.69, 9.17) is 4.74 Å². The van der Waals surface area contributed by atoms with Crippen LogP contribution in [-0.4, -0.2) is 33.7 Å². The third kappa shape index (κ3) is 3.96. The molecule has 0 atom stereocenters. The Morgan fingerprint density at radius 1 is 1.16 bits per heavy atom. The van der Waals surface area contributed by atoms with Crippen LogP contribution in [0.15, 0.2) is 36.5 Å². The second kappa shape index (κ2) is 7.34. The van der Waals surface area contributed by atoms with Gasteiger partial charge in [-0.3, -0.25) is 9.20 Å². The fourth-order valence-electron chi connectivity index (χ4n) is 2.96. The summed E-state index contributed by atoms with van der Waals surface area (Å²) >= 11 is 0. The summed E-state index contributed by atoms with van der Waals surface area (Å²) in [6.07, 6.45) is 2.53. The summed E-state index contributed by atoms with van der Waals surface area (Å²) in [7, 11) is 0. The number of carbonyl (C=O) groups excluding carboxylic acids is 1. The topological polar surface area (TPSA) is 68.5 Å². The van der Waals surface area contributed by atoms with Gasteiger partial charge in [0.15, 0.2) is 12.3 Å². The Hall–Kier alpha value is -2.89. The molecule has 0 fully saturated rings. The Balaban J connectivity index is 1.50. The van der Waals surface area contributed by atoms with Crippen molar-refractivity contribution < 1.29 is 9.53 Å². The Bertz CT molecular complexity index is 878. The van der Waals surface area contributed by atoms with Gasteiger partial charge in [0.2, 0.25) is 0 Å². The van der Waals surface area contributed by atoms with Gasteiger partial charge in [-0.15, -0.1) is 10.2 Å². The fourth-order valence-corrected chi connectivity index (χ4v) is 2.96. The van der Waals surface area contributed by atoms with Gasteiger partial charge in [0.1, 0.15) is 11.6 Å². The van der Waals surface area contributed by atoms with Gasteiger partial charge >= 0.3 is 0 Å². The molecule has 130 valence electrons. The number of pyridine rings is 1. The number of nitrogens with zero attached hydrogens (tertiary/aromatic N) is 3. The molecule has 2 aromatic heterocycles. The van der Waals surface area contributed by atoms with Gasteiger partial charge in [-0.05, 0) is 44.0 Å². The van der Waals surface area contributed by atoms with Crippen LogP contribution in [0.1, 0.15) is 22.5 Å². The smallest absolute Gasteiger partial charge is 0.257 e. The quantitative estimate of drug-likeness (QED) is 0.749. The molecule has 1 N–H and O–H groups in total. The molecule has 0 aliphatic rings. The maximum Gasteiger partial charge on any atom is 0.257 e. The summed E-state index contributed by atoms with van der Waals surface area (Å²) in [5.41, 5.74) is 4.07. The molecular formula is C19H22N4O2. The number of aromatic nitrogens is 3. The van der Waals surface area contributed by atoms with Gasteiger partial charge < -0.3 is 10.1 Å². The molecule has 0 saturated heterocycles. The highest BCUT2D eigenvalue weighted by atomic mass is 16.5. The summed E-state index contributed by atoms with van der Waals surface area (Å²) < 4.78 is 7.62. The van der Waals surface area contributed by atoms with E-state index < -0.39 is 0 Å². The molecule has 0 aliphatic heterocycles. The normalized spacial score (nSPS) is 10.8. The van der Waals surface area contributed by atoms with E-state index in [9.17, 15) is 4.79 Å². The fraction of sp³-hybridized carbons (Fsp3) is 0.316. The Morgan fingerprint density at radius 3 is 2.68 bits per heavy atom. The number of aryl methyl sites for hydroxylation is 3. The predicted molar refractivity (Wildman–Crippen MR) is 95.8 cm³/mol. The van der Waals surface area contributed by atoms with Crippen molar-refractivity contribution in [2.45, 2.75) is 27.2 Å². The van der Waals surface area contributed by atoms with Gasteiger partial charge in [-0.2, -0.15) is 0 Å². The van der Waals surface area contributed by atoms with E-state index in [1.807, 2.05) is 49.6 Å². The Labute approximate surface area is 146 Å². The van der Waals surface area contributed by atoms with Crippen molar-refractivity contribution in [2.24, 2.45) is 0 Å². The van der Waals surface area contributed by atoms with Crippen LogP contribution >= 0.6 is 0 Å². The minimum absolute atomic E-state index is 0.00528. The molecule has 1 aromatic carbocycles. The molecule has 0 spiro atoms. The molecule has 0 unspecified atom stereocenters. The van der Waals surface area contributed by atoms with Gasteiger partial charge in [0.25, 0.3) is 5.91 Å². The Kier molecular flexibility index (Phi) is 4.97. The molecule has 6 nitrogen and oxygen atoms in total. The van der Waals surface area contributed by atoms with Crippen LogP contribution in [-0.2, 0) is 11.2 Å². The first-order chi connectivity index (χ1) is 12.0. The number of benzene rings is 1. The third-order valence-electron chi connectivity index (χ3n) is 4.01. The van der Waals surface area contributed by atoms with Gasteiger partial charge in [0, 0.05) is 19.2 Å². The van der Waals surface area contributed by atoms with Crippen molar-refractivity contribution in [3.8, 4) is 5.75 Å².